The second-order valence-corrected chi connectivity index (χ2v) is 6.52. The molecule has 0 saturated carbocycles. The number of carbonyl (C=O) groups is 1. The third kappa shape index (κ3) is 5.57. The first-order valence-corrected chi connectivity index (χ1v) is 8.15. The molecule has 0 bridgehead atoms. The van der Waals surface area contributed by atoms with E-state index in [-0.39, 0.29) is 5.97 Å². The van der Waals surface area contributed by atoms with Crippen molar-refractivity contribution in [3.8, 4) is 0 Å². The highest BCUT2D eigenvalue weighted by atomic mass is 16.5. The van der Waals surface area contributed by atoms with E-state index in [0.717, 1.165) is 32.5 Å². The second kappa shape index (κ2) is 8.71. The van der Waals surface area contributed by atoms with Crippen LogP contribution in [0.15, 0.2) is 0 Å². The van der Waals surface area contributed by atoms with Crippen molar-refractivity contribution >= 4 is 5.97 Å². The molecule has 5 nitrogen and oxygen atoms in total. The number of hydrogen-bond acceptors (Lipinski definition) is 5. The van der Waals surface area contributed by atoms with E-state index in [4.69, 9.17) is 4.74 Å². The minimum atomic E-state index is -0.555. The lowest BCUT2D eigenvalue weighted by atomic mass is 9.95. The van der Waals surface area contributed by atoms with Crippen LogP contribution in [0.25, 0.3) is 0 Å². The molecule has 2 atom stereocenters. The number of esters is 1. The number of nitrogens with zero attached hydrogens (tertiary/aromatic N) is 2. The normalized spacial score (nSPS) is 23.0. The fourth-order valence-corrected chi connectivity index (χ4v) is 3.19. The van der Waals surface area contributed by atoms with E-state index in [2.05, 4.69) is 29.2 Å². The van der Waals surface area contributed by atoms with E-state index in [1.165, 1.54) is 26.5 Å². The zero-order valence-corrected chi connectivity index (χ0v) is 14.4. The summed E-state index contributed by atoms with van der Waals surface area (Å²) in [4.78, 5) is 16.8. The highest BCUT2D eigenvalue weighted by molar-refractivity contribution is 5.80. The van der Waals surface area contributed by atoms with E-state index in [0.29, 0.717) is 6.04 Å². The molecule has 1 aliphatic rings. The van der Waals surface area contributed by atoms with Gasteiger partial charge in [0.25, 0.3) is 0 Å². The number of likely N-dealkylation sites (N-methyl/N-ethyl adjacent to an activating group) is 2. The summed E-state index contributed by atoms with van der Waals surface area (Å²) in [5, 5.41) is 3.27. The molecule has 0 spiro atoms. The Morgan fingerprint density at radius 1 is 1.48 bits per heavy atom. The van der Waals surface area contributed by atoms with Crippen LogP contribution in [0.2, 0.25) is 0 Å². The van der Waals surface area contributed by atoms with Crippen LogP contribution >= 0.6 is 0 Å². The lowest BCUT2D eigenvalue weighted by Gasteiger charge is -2.36. The van der Waals surface area contributed by atoms with Crippen molar-refractivity contribution < 1.29 is 9.53 Å². The van der Waals surface area contributed by atoms with Gasteiger partial charge in [-0.25, -0.2) is 0 Å². The predicted molar refractivity (Wildman–Crippen MR) is 86.5 cm³/mol. The Balaban J connectivity index is 2.41. The first-order chi connectivity index (χ1) is 9.92. The third-order valence-corrected chi connectivity index (χ3v) is 4.56. The molecule has 1 N–H and O–H groups in total. The van der Waals surface area contributed by atoms with Crippen LogP contribution in [0.1, 0.15) is 39.5 Å². The number of nitrogens with one attached hydrogen (secondary N) is 1. The summed E-state index contributed by atoms with van der Waals surface area (Å²) in [6.45, 7) is 8.12. The Hall–Kier alpha value is -0.650. The third-order valence-electron chi connectivity index (χ3n) is 4.56. The maximum absolute atomic E-state index is 11.9. The number of likely N-dealkylation sites (tertiary alicyclic amines) is 1. The van der Waals surface area contributed by atoms with Gasteiger partial charge >= 0.3 is 5.97 Å². The Morgan fingerprint density at radius 2 is 2.19 bits per heavy atom. The molecule has 0 aromatic heterocycles. The maximum Gasteiger partial charge on any atom is 0.325 e. The summed E-state index contributed by atoms with van der Waals surface area (Å²) in [6.07, 6.45) is 4.39. The van der Waals surface area contributed by atoms with Crippen LogP contribution in [-0.4, -0.2) is 74.7 Å². The summed E-state index contributed by atoms with van der Waals surface area (Å²) >= 11 is 0. The molecule has 1 saturated heterocycles. The number of methoxy groups -OCH3 is 1. The Bertz CT molecular complexity index is 323. The molecule has 0 aliphatic carbocycles. The SMILES string of the molecule is CCNC(C)(CCCN1CCCC(N(C)C)C1)C(=O)OC. The monoisotopic (exact) mass is 299 g/mol. The van der Waals surface area contributed by atoms with Crippen LogP contribution in [0.5, 0.6) is 0 Å². The van der Waals surface area contributed by atoms with Crippen LogP contribution in [0.4, 0.5) is 0 Å². The number of piperidine rings is 1. The Morgan fingerprint density at radius 3 is 2.76 bits per heavy atom. The van der Waals surface area contributed by atoms with Gasteiger partial charge in [0, 0.05) is 12.6 Å². The second-order valence-electron chi connectivity index (χ2n) is 6.52. The molecule has 2 unspecified atom stereocenters. The van der Waals surface area contributed by atoms with E-state index in [9.17, 15) is 4.79 Å². The standard InChI is InChI=1S/C16H33N3O2/c1-6-17-16(2,15(20)21-5)10-8-12-19-11-7-9-14(13-19)18(3)4/h14,17H,6-13H2,1-5H3. The molecule has 1 fully saturated rings. The minimum Gasteiger partial charge on any atom is -0.468 e. The van der Waals surface area contributed by atoms with Crippen molar-refractivity contribution in [1.82, 2.24) is 15.1 Å². The molecule has 0 aromatic carbocycles. The maximum atomic E-state index is 11.9. The molecular weight excluding hydrogens is 266 g/mol. The van der Waals surface area contributed by atoms with Gasteiger partial charge in [-0.15, -0.1) is 0 Å². The van der Waals surface area contributed by atoms with E-state index in [1.54, 1.807) is 0 Å². The number of rotatable bonds is 8. The van der Waals surface area contributed by atoms with Crippen molar-refractivity contribution in [2.24, 2.45) is 0 Å². The summed E-state index contributed by atoms with van der Waals surface area (Å²) < 4.78 is 4.94. The highest BCUT2D eigenvalue weighted by Gasteiger charge is 2.33. The largest absolute Gasteiger partial charge is 0.468 e. The summed E-state index contributed by atoms with van der Waals surface area (Å²) in [5.41, 5.74) is -0.555. The zero-order chi connectivity index (χ0) is 15.9. The lowest BCUT2D eigenvalue weighted by Crippen LogP contribution is -2.51. The van der Waals surface area contributed by atoms with Gasteiger partial charge in [-0.05, 0) is 66.3 Å². The molecule has 0 radical (unpaired) electrons. The summed E-state index contributed by atoms with van der Waals surface area (Å²) in [6, 6.07) is 0.666. The minimum absolute atomic E-state index is 0.158. The van der Waals surface area contributed by atoms with Gasteiger partial charge < -0.3 is 19.9 Å². The van der Waals surface area contributed by atoms with E-state index < -0.39 is 5.54 Å². The van der Waals surface area contributed by atoms with Gasteiger partial charge in [-0.1, -0.05) is 6.92 Å². The first-order valence-electron chi connectivity index (χ1n) is 8.15. The molecule has 0 amide bonds. The summed E-state index contributed by atoms with van der Waals surface area (Å²) in [5.74, 6) is -0.158. The molecule has 1 rings (SSSR count). The van der Waals surface area contributed by atoms with Crippen molar-refractivity contribution in [3.63, 3.8) is 0 Å². The average Bonchev–Trinajstić information content (AvgIpc) is 2.47. The fourth-order valence-electron chi connectivity index (χ4n) is 3.19. The van der Waals surface area contributed by atoms with Gasteiger partial charge in [-0.3, -0.25) is 4.79 Å². The highest BCUT2D eigenvalue weighted by Crippen LogP contribution is 2.18. The van der Waals surface area contributed by atoms with E-state index in [1.807, 2.05) is 13.8 Å². The van der Waals surface area contributed by atoms with Crippen LogP contribution in [0, 0.1) is 0 Å². The Kier molecular flexibility index (Phi) is 7.63. The molecule has 21 heavy (non-hydrogen) atoms. The van der Waals surface area contributed by atoms with Gasteiger partial charge in [0.15, 0.2) is 0 Å². The van der Waals surface area contributed by atoms with Crippen LogP contribution < -0.4 is 5.32 Å². The Labute approximate surface area is 130 Å². The number of hydrogen-bond donors (Lipinski definition) is 1. The predicted octanol–water partition coefficient (Wildman–Crippen LogP) is 1.33. The first kappa shape index (κ1) is 18.4. The van der Waals surface area contributed by atoms with Crippen molar-refractivity contribution in [2.75, 3.05) is 47.4 Å². The molecule has 5 heteroatoms. The van der Waals surface area contributed by atoms with Gasteiger partial charge in [0.1, 0.15) is 5.54 Å². The molecule has 124 valence electrons. The smallest absolute Gasteiger partial charge is 0.325 e. The van der Waals surface area contributed by atoms with Crippen LogP contribution in [0.3, 0.4) is 0 Å². The topological polar surface area (TPSA) is 44.8 Å². The molecule has 1 aliphatic heterocycles. The number of ether oxygens (including phenoxy) is 1. The van der Waals surface area contributed by atoms with Crippen LogP contribution in [-0.2, 0) is 9.53 Å². The van der Waals surface area contributed by atoms with Crippen molar-refractivity contribution in [3.05, 3.63) is 0 Å². The van der Waals surface area contributed by atoms with Gasteiger partial charge in [-0.2, -0.15) is 0 Å². The van der Waals surface area contributed by atoms with Gasteiger partial charge in [0.2, 0.25) is 0 Å². The average molecular weight is 299 g/mol. The van der Waals surface area contributed by atoms with Crippen molar-refractivity contribution in [1.29, 1.82) is 0 Å². The molecule has 0 aromatic rings. The quantitative estimate of drug-likeness (QED) is 0.685. The van der Waals surface area contributed by atoms with Gasteiger partial charge in [0.05, 0.1) is 7.11 Å². The lowest BCUT2D eigenvalue weighted by molar-refractivity contribution is -0.148. The molecular formula is C16H33N3O2. The molecule has 1 heterocycles. The fraction of sp³-hybridized carbons (Fsp3) is 0.938. The van der Waals surface area contributed by atoms with Crippen molar-refractivity contribution in [2.45, 2.75) is 51.1 Å². The number of carbonyl (C=O) groups excluding carboxylic acids is 1. The zero-order valence-electron chi connectivity index (χ0n) is 14.4. The summed E-state index contributed by atoms with van der Waals surface area (Å²) in [7, 11) is 5.78. The van der Waals surface area contributed by atoms with E-state index >= 15 is 0 Å².